The van der Waals surface area contributed by atoms with Gasteiger partial charge in [0, 0.05) is 13.1 Å². The van der Waals surface area contributed by atoms with Crippen LogP contribution in [0.2, 0.25) is 0 Å². The molecule has 4 nitrogen and oxygen atoms in total. The lowest BCUT2D eigenvalue weighted by Gasteiger charge is -2.14. The lowest BCUT2D eigenvalue weighted by Crippen LogP contribution is -2.29. The first-order valence-electron chi connectivity index (χ1n) is 4.49. The highest BCUT2D eigenvalue weighted by Gasteiger charge is 2.26. The van der Waals surface area contributed by atoms with E-state index in [1.165, 1.54) is 11.3 Å². The van der Waals surface area contributed by atoms with Gasteiger partial charge >= 0.3 is 0 Å². The molecule has 2 rings (SSSR count). The van der Waals surface area contributed by atoms with E-state index < -0.39 is 0 Å². The van der Waals surface area contributed by atoms with E-state index in [0.717, 1.165) is 0 Å². The molecule has 0 saturated carbocycles. The average Bonchev–Trinajstić information content (AvgIpc) is 2.73. The third-order valence-corrected chi connectivity index (χ3v) is 3.26. The van der Waals surface area contributed by atoms with Gasteiger partial charge in [-0.1, -0.05) is 0 Å². The molecule has 14 heavy (non-hydrogen) atoms. The Bertz CT molecular complexity index is 350. The molecular weight excluding hydrogens is 200 g/mol. The summed E-state index contributed by atoms with van der Waals surface area (Å²) in [6.45, 7) is 1.05. The van der Waals surface area contributed by atoms with Gasteiger partial charge in [0.1, 0.15) is 4.88 Å². The van der Waals surface area contributed by atoms with Crippen LogP contribution >= 0.6 is 11.3 Å². The maximum Gasteiger partial charge on any atom is 0.266 e. The van der Waals surface area contributed by atoms with Gasteiger partial charge in [-0.15, -0.1) is 11.3 Å². The number of rotatable bonds is 1. The van der Waals surface area contributed by atoms with Crippen molar-refractivity contribution in [2.75, 3.05) is 18.8 Å². The van der Waals surface area contributed by atoms with E-state index in [4.69, 9.17) is 5.73 Å². The summed E-state index contributed by atoms with van der Waals surface area (Å²) in [5, 5.41) is 11.1. The molecule has 0 bridgehead atoms. The van der Waals surface area contributed by atoms with E-state index in [1.807, 2.05) is 0 Å². The topological polar surface area (TPSA) is 66.6 Å². The number of hydrogen-bond acceptors (Lipinski definition) is 4. The van der Waals surface area contributed by atoms with Crippen LogP contribution in [0.15, 0.2) is 11.4 Å². The molecule has 1 aliphatic heterocycles. The molecule has 5 heteroatoms. The summed E-state index contributed by atoms with van der Waals surface area (Å²) in [7, 11) is 0. The number of amides is 1. The van der Waals surface area contributed by atoms with Crippen molar-refractivity contribution in [2.45, 2.75) is 12.5 Å². The molecule has 3 N–H and O–H groups in total. The van der Waals surface area contributed by atoms with Crippen LogP contribution in [0.25, 0.3) is 0 Å². The maximum absolute atomic E-state index is 11.8. The van der Waals surface area contributed by atoms with Crippen LogP contribution in [0.3, 0.4) is 0 Å². The Balaban J connectivity index is 2.13. The number of carbonyl (C=O) groups excluding carboxylic acids is 1. The number of hydrogen-bond donors (Lipinski definition) is 2. The molecule has 1 aromatic heterocycles. The lowest BCUT2D eigenvalue weighted by molar-refractivity contribution is 0.0770. The minimum Gasteiger partial charge on any atom is -0.397 e. The second kappa shape index (κ2) is 3.59. The predicted molar refractivity (Wildman–Crippen MR) is 55.3 cm³/mol. The lowest BCUT2D eigenvalue weighted by atomic mass is 10.3. The number of β-amino-alcohol motifs (C(OH)–C–C–N with tert-alkyl or cyclic N) is 1. The minimum absolute atomic E-state index is 0.0611. The first-order chi connectivity index (χ1) is 6.68. The maximum atomic E-state index is 11.8. The third-order valence-electron chi connectivity index (χ3n) is 2.34. The molecule has 0 aliphatic carbocycles. The van der Waals surface area contributed by atoms with Crippen LogP contribution in [-0.4, -0.2) is 35.1 Å². The molecule has 0 unspecified atom stereocenters. The van der Waals surface area contributed by atoms with Crippen LogP contribution in [0.4, 0.5) is 5.69 Å². The Morgan fingerprint density at radius 1 is 1.71 bits per heavy atom. The summed E-state index contributed by atoms with van der Waals surface area (Å²) >= 11 is 1.35. The molecule has 1 fully saturated rings. The van der Waals surface area contributed by atoms with Gasteiger partial charge in [-0.3, -0.25) is 4.79 Å². The molecule has 1 aromatic rings. The van der Waals surface area contributed by atoms with Gasteiger partial charge < -0.3 is 15.7 Å². The zero-order valence-electron chi connectivity index (χ0n) is 7.64. The second-order valence-corrected chi connectivity index (χ2v) is 4.31. The van der Waals surface area contributed by atoms with Crippen molar-refractivity contribution in [3.63, 3.8) is 0 Å². The van der Waals surface area contributed by atoms with Gasteiger partial charge in [-0.25, -0.2) is 0 Å². The highest BCUT2D eigenvalue weighted by atomic mass is 32.1. The van der Waals surface area contributed by atoms with Crippen LogP contribution in [-0.2, 0) is 0 Å². The molecule has 1 aliphatic rings. The molecule has 0 spiro atoms. The number of carbonyl (C=O) groups is 1. The largest absolute Gasteiger partial charge is 0.397 e. The number of anilines is 1. The number of aliphatic hydroxyl groups excluding tert-OH is 1. The van der Waals surface area contributed by atoms with E-state index in [0.29, 0.717) is 30.1 Å². The monoisotopic (exact) mass is 212 g/mol. The van der Waals surface area contributed by atoms with Crippen molar-refractivity contribution in [3.05, 3.63) is 16.3 Å². The summed E-state index contributed by atoms with van der Waals surface area (Å²) in [6, 6.07) is 1.73. The molecule has 0 radical (unpaired) electrons. The van der Waals surface area contributed by atoms with Crippen LogP contribution in [0.1, 0.15) is 16.1 Å². The Morgan fingerprint density at radius 3 is 3.00 bits per heavy atom. The highest BCUT2D eigenvalue weighted by molar-refractivity contribution is 7.12. The van der Waals surface area contributed by atoms with Crippen molar-refractivity contribution in [1.29, 1.82) is 0 Å². The number of nitrogens with two attached hydrogens (primary N) is 1. The van der Waals surface area contributed by atoms with Gasteiger partial charge in [0.15, 0.2) is 0 Å². The zero-order chi connectivity index (χ0) is 10.1. The van der Waals surface area contributed by atoms with E-state index in [9.17, 15) is 9.90 Å². The molecule has 1 atom stereocenters. The van der Waals surface area contributed by atoms with Gasteiger partial charge in [0.05, 0.1) is 11.8 Å². The predicted octanol–water partition coefficient (Wildman–Crippen LogP) is 0.537. The van der Waals surface area contributed by atoms with E-state index in [-0.39, 0.29) is 12.0 Å². The third kappa shape index (κ3) is 1.60. The zero-order valence-corrected chi connectivity index (χ0v) is 8.46. The van der Waals surface area contributed by atoms with Gasteiger partial charge in [0.2, 0.25) is 0 Å². The van der Waals surface area contributed by atoms with Crippen LogP contribution in [0, 0.1) is 0 Å². The molecule has 76 valence electrons. The van der Waals surface area contributed by atoms with Gasteiger partial charge in [-0.05, 0) is 17.9 Å². The smallest absolute Gasteiger partial charge is 0.266 e. The molecule has 1 amide bonds. The average molecular weight is 212 g/mol. The minimum atomic E-state index is -0.375. The van der Waals surface area contributed by atoms with Crippen molar-refractivity contribution in [1.82, 2.24) is 4.90 Å². The normalized spacial score (nSPS) is 21.5. The summed E-state index contributed by atoms with van der Waals surface area (Å²) in [5.41, 5.74) is 6.17. The summed E-state index contributed by atoms with van der Waals surface area (Å²) in [4.78, 5) is 14.0. The van der Waals surface area contributed by atoms with Gasteiger partial charge in [-0.2, -0.15) is 0 Å². The van der Waals surface area contributed by atoms with Crippen molar-refractivity contribution >= 4 is 22.9 Å². The van der Waals surface area contributed by atoms with Gasteiger partial charge in [0.25, 0.3) is 5.91 Å². The van der Waals surface area contributed by atoms with Crippen LogP contribution in [0.5, 0.6) is 0 Å². The first kappa shape index (κ1) is 9.48. The van der Waals surface area contributed by atoms with E-state index >= 15 is 0 Å². The highest BCUT2D eigenvalue weighted by Crippen LogP contribution is 2.22. The molecular formula is C9H12N2O2S. The summed E-state index contributed by atoms with van der Waals surface area (Å²) < 4.78 is 0. The Kier molecular flexibility index (Phi) is 2.43. The number of nitrogen functional groups attached to an aromatic ring is 1. The summed E-state index contributed by atoms with van der Waals surface area (Å²) in [6.07, 6.45) is 0.289. The molecule has 1 saturated heterocycles. The number of thiophene rings is 1. The van der Waals surface area contributed by atoms with E-state index in [1.54, 1.807) is 16.3 Å². The Morgan fingerprint density at radius 2 is 2.50 bits per heavy atom. The summed E-state index contributed by atoms with van der Waals surface area (Å²) in [5.74, 6) is -0.0611. The number of likely N-dealkylation sites (tertiary alicyclic amines) is 1. The quantitative estimate of drug-likeness (QED) is 0.714. The number of aliphatic hydroxyl groups is 1. The first-order valence-corrected chi connectivity index (χ1v) is 5.37. The fraction of sp³-hybridized carbons (Fsp3) is 0.444. The molecule has 2 heterocycles. The van der Waals surface area contributed by atoms with Crippen LogP contribution < -0.4 is 5.73 Å². The fourth-order valence-corrected chi connectivity index (χ4v) is 2.35. The van der Waals surface area contributed by atoms with Crippen molar-refractivity contribution in [3.8, 4) is 0 Å². The van der Waals surface area contributed by atoms with E-state index in [2.05, 4.69) is 0 Å². The molecule has 0 aromatic carbocycles. The van der Waals surface area contributed by atoms with Crippen molar-refractivity contribution < 1.29 is 9.90 Å². The SMILES string of the molecule is Nc1ccsc1C(=O)N1CC[C@@H](O)C1. The number of nitrogens with zero attached hydrogens (tertiary/aromatic N) is 1. The van der Waals surface area contributed by atoms with Crippen molar-refractivity contribution in [2.24, 2.45) is 0 Å². The standard InChI is InChI=1S/C9H12N2O2S/c10-7-2-4-14-8(7)9(13)11-3-1-6(12)5-11/h2,4,6,12H,1,3,5,10H2/t6-/m1/s1. The fourth-order valence-electron chi connectivity index (χ4n) is 1.56. The Labute approximate surface area is 85.9 Å². The Hall–Kier alpha value is -1.07. The second-order valence-electron chi connectivity index (χ2n) is 3.40.